The first kappa shape index (κ1) is 23.6. The predicted molar refractivity (Wildman–Crippen MR) is 139 cm³/mol. The van der Waals surface area contributed by atoms with Crippen LogP contribution >= 0.6 is 23.2 Å². The quantitative estimate of drug-likeness (QED) is 0.233. The topological polar surface area (TPSA) is 57.8 Å². The van der Waals surface area contributed by atoms with Crippen molar-refractivity contribution in [3.05, 3.63) is 111 Å². The second kappa shape index (κ2) is 10.2. The van der Waals surface area contributed by atoms with Gasteiger partial charge in [0.15, 0.2) is 0 Å². The van der Waals surface area contributed by atoms with E-state index in [9.17, 15) is 10.1 Å². The summed E-state index contributed by atoms with van der Waals surface area (Å²) in [5.74, 6) is -0.403. The Kier molecular flexibility index (Phi) is 7.07. The van der Waals surface area contributed by atoms with E-state index in [2.05, 4.69) is 16.0 Å². The summed E-state index contributed by atoms with van der Waals surface area (Å²) in [5, 5.41) is 14.7. The summed E-state index contributed by atoms with van der Waals surface area (Å²) in [6, 6.07) is 25.1. The van der Waals surface area contributed by atoms with Gasteiger partial charge in [-0.25, -0.2) is 0 Å². The first-order valence-corrected chi connectivity index (χ1v) is 11.6. The van der Waals surface area contributed by atoms with Crippen LogP contribution < -0.4 is 5.32 Å². The molecule has 4 nitrogen and oxygen atoms in total. The van der Waals surface area contributed by atoms with Crippen LogP contribution in [-0.4, -0.2) is 10.5 Å². The average molecular weight is 488 g/mol. The van der Waals surface area contributed by atoms with Crippen molar-refractivity contribution >= 4 is 46.1 Å². The van der Waals surface area contributed by atoms with Gasteiger partial charge in [-0.3, -0.25) is 4.79 Å². The number of halogens is 2. The van der Waals surface area contributed by atoms with Crippen molar-refractivity contribution in [3.8, 4) is 6.07 Å². The normalized spacial score (nSPS) is 12.4. The van der Waals surface area contributed by atoms with E-state index in [0.717, 1.165) is 33.3 Å². The molecule has 6 heteroatoms. The minimum atomic E-state index is -0.403. The minimum Gasteiger partial charge on any atom is -0.345 e. The maximum absolute atomic E-state index is 12.9. The minimum absolute atomic E-state index is 0.0586. The first-order valence-electron chi connectivity index (χ1n) is 10.9. The Hall–Kier alpha value is -3.52. The summed E-state index contributed by atoms with van der Waals surface area (Å²) < 4.78 is 2.15. The smallest absolute Gasteiger partial charge is 0.262 e. The molecule has 0 aliphatic rings. The Morgan fingerprint density at radius 2 is 1.76 bits per heavy atom. The zero-order valence-corrected chi connectivity index (χ0v) is 20.4. The molecule has 0 saturated carbocycles. The van der Waals surface area contributed by atoms with Gasteiger partial charge in [0.25, 0.3) is 5.91 Å². The van der Waals surface area contributed by atoms with Gasteiger partial charge in [-0.05, 0) is 49.2 Å². The molecule has 0 radical (unpaired) electrons. The number of fused-ring (bicyclic) bond motifs is 1. The summed E-state index contributed by atoms with van der Waals surface area (Å²) in [4.78, 5) is 12.9. The van der Waals surface area contributed by atoms with Crippen molar-refractivity contribution in [1.29, 1.82) is 5.26 Å². The molecule has 0 unspecified atom stereocenters. The molecule has 0 bridgehead atoms. The van der Waals surface area contributed by atoms with Crippen LogP contribution in [0.1, 0.15) is 35.3 Å². The van der Waals surface area contributed by atoms with Gasteiger partial charge >= 0.3 is 0 Å². The number of aromatic nitrogens is 1. The second-order valence-corrected chi connectivity index (χ2v) is 8.94. The Bertz CT molecular complexity index is 1430. The molecule has 0 aliphatic carbocycles. The van der Waals surface area contributed by atoms with Crippen molar-refractivity contribution < 1.29 is 4.79 Å². The summed E-state index contributed by atoms with van der Waals surface area (Å²) in [6.45, 7) is 4.47. The highest BCUT2D eigenvalue weighted by molar-refractivity contribution is 6.42. The third-order valence-electron chi connectivity index (χ3n) is 5.91. The molecule has 0 fully saturated rings. The van der Waals surface area contributed by atoms with E-state index in [0.29, 0.717) is 16.6 Å². The monoisotopic (exact) mass is 487 g/mol. The van der Waals surface area contributed by atoms with E-state index in [4.69, 9.17) is 23.2 Å². The highest BCUT2D eigenvalue weighted by atomic mass is 35.5. The molecule has 34 heavy (non-hydrogen) atoms. The molecule has 0 aliphatic heterocycles. The Morgan fingerprint density at radius 3 is 2.47 bits per heavy atom. The van der Waals surface area contributed by atoms with Crippen LogP contribution in [0.25, 0.3) is 17.0 Å². The Labute approximate surface area is 209 Å². The number of para-hydroxylation sites is 1. The zero-order chi connectivity index (χ0) is 24.2. The standard InChI is InChI=1S/C28H23Cl2N3O/c1-18(21-8-4-3-5-9-21)32-28(34)22(16-31)15-24-19(2)33(27-11-7-6-10-23(24)27)17-20-12-13-25(29)26(30)14-20/h3-15,18H,17H2,1-2H3,(H,32,34)/b22-15+/t18-/m1/s1. The summed E-state index contributed by atoms with van der Waals surface area (Å²) in [7, 11) is 0. The molecule has 0 spiro atoms. The number of carbonyl (C=O) groups is 1. The number of hydrogen-bond donors (Lipinski definition) is 1. The first-order chi connectivity index (χ1) is 16.4. The summed E-state index contributed by atoms with van der Waals surface area (Å²) in [6.07, 6.45) is 1.68. The van der Waals surface area contributed by atoms with Gasteiger partial charge in [-0.2, -0.15) is 5.26 Å². The maximum Gasteiger partial charge on any atom is 0.262 e. The molecule has 1 atom stereocenters. The SMILES string of the molecule is Cc1c(/C=C(\C#N)C(=O)N[C@H](C)c2ccccc2)c2ccccc2n1Cc1ccc(Cl)c(Cl)c1. The number of hydrogen-bond acceptors (Lipinski definition) is 2. The lowest BCUT2D eigenvalue weighted by Crippen LogP contribution is -2.27. The third-order valence-corrected chi connectivity index (χ3v) is 6.64. The molecule has 4 aromatic rings. The van der Waals surface area contributed by atoms with Crippen molar-refractivity contribution in [2.75, 3.05) is 0 Å². The average Bonchev–Trinajstić information content (AvgIpc) is 3.10. The number of carbonyl (C=O) groups excluding carboxylic acids is 1. The fraction of sp³-hybridized carbons (Fsp3) is 0.143. The lowest BCUT2D eigenvalue weighted by Gasteiger charge is -2.13. The van der Waals surface area contributed by atoms with Crippen molar-refractivity contribution in [2.24, 2.45) is 0 Å². The highest BCUT2D eigenvalue weighted by Gasteiger charge is 2.18. The predicted octanol–water partition coefficient (Wildman–Crippen LogP) is 7.09. The molecule has 1 aromatic heterocycles. The van der Waals surface area contributed by atoms with Crippen LogP contribution in [0.4, 0.5) is 0 Å². The lowest BCUT2D eigenvalue weighted by molar-refractivity contribution is -0.117. The maximum atomic E-state index is 12.9. The number of rotatable bonds is 6. The van der Waals surface area contributed by atoms with Gasteiger partial charge in [0.05, 0.1) is 16.1 Å². The number of nitriles is 1. The largest absolute Gasteiger partial charge is 0.345 e. The van der Waals surface area contributed by atoms with Gasteiger partial charge in [0.2, 0.25) is 0 Å². The van der Waals surface area contributed by atoms with Crippen LogP contribution in [0.15, 0.2) is 78.4 Å². The van der Waals surface area contributed by atoms with E-state index >= 15 is 0 Å². The Morgan fingerprint density at radius 1 is 1.06 bits per heavy atom. The number of benzene rings is 3. The number of nitrogens with one attached hydrogen (secondary N) is 1. The second-order valence-electron chi connectivity index (χ2n) is 8.13. The molecule has 1 heterocycles. The van der Waals surface area contributed by atoms with Crippen molar-refractivity contribution in [2.45, 2.75) is 26.4 Å². The van der Waals surface area contributed by atoms with E-state index in [1.54, 1.807) is 12.1 Å². The van der Waals surface area contributed by atoms with Gasteiger partial charge in [-0.1, -0.05) is 77.8 Å². The molecular weight excluding hydrogens is 465 g/mol. The van der Waals surface area contributed by atoms with E-state index in [1.165, 1.54) is 0 Å². The van der Waals surface area contributed by atoms with E-state index in [-0.39, 0.29) is 11.6 Å². The molecule has 1 N–H and O–H groups in total. The van der Waals surface area contributed by atoms with Crippen LogP contribution in [0.3, 0.4) is 0 Å². The lowest BCUT2D eigenvalue weighted by atomic mass is 10.1. The van der Waals surface area contributed by atoms with Crippen molar-refractivity contribution in [3.63, 3.8) is 0 Å². The van der Waals surface area contributed by atoms with Crippen molar-refractivity contribution in [1.82, 2.24) is 9.88 Å². The molecule has 4 rings (SSSR count). The van der Waals surface area contributed by atoms with Gasteiger partial charge in [0, 0.05) is 28.7 Å². The van der Waals surface area contributed by atoms with Crippen LogP contribution in [0.2, 0.25) is 10.0 Å². The molecule has 170 valence electrons. The van der Waals surface area contributed by atoms with Gasteiger partial charge in [0.1, 0.15) is 11.6 Å². The number of nitrogens with zero attached hydrogens (tertiary/aromatic N) is 2. The molecule has 1 amide bonds. The van der Waals surface area contributed by atoms with Crippen LogP contribution in [-0.2, 0) is 11.3 Å². The molecule has 0 saturated heterocycles. The van der Waals surface area contributed by atoms with Crippen LogP contribution in [0.5, 0.6) is 0 Å². The highest BCUT2D eigenvalue weighted by Crippen LogP contribution is 2.30. The van der Waals surface area contributed by atoms with Gasteiger partial charge in [-0.15, -0.1) is 0 Å². The summed E-state index contributed by atoms with van der Waals surface area (Å²) >= 11 is 12.3. The van der Waals surface area contributed by atoms with Crippen LogP contribution in [0, 0.1) is 18.3 Å². The fourth-order valence-electron chi connectivity index (χ4n) is 4.06. The Balaban J connectivity index is 1.70. The fourth-order valence-corrected chi connectivity index (χ4v) is 4.38. The summed E-state index contributed by atoms with van der Waals surface area (Å²) in [5.41, 5.74) is 4.83. The van der Waals surface area contributed by atoms with E-state index < -0.39 is 5.91 Å². The van der Waals surface area contributed by atoms with E-state index in [1.807, 2.05) is 80.6 Å². The third kappa shape index (κ3) is 4.87. The van der Waals surface area contributed by atoms with Gasteiger partial charge < -0.3 is 9.88 Å². The number of amides is 1. The zero-order valence-electron chi connectivity index (χ0n) is 18.8. The molecular formula is C28H23Cl2N3O. The molecule has 3 aromatic carbocycles.